The number of nitrogens with zero attached hydrogens (tertiary/aromatic N) is 1. The molecule has 86 valence electrons. The molecule has 0 aliphatic rings. The van der Waals surface area contributed by atoms with Crippen molar-refractivity contribution < 1.29 is 4.79 Å². The van der Waals surface area contributed by atoms with Crippen LogP contribution < -0.4 is 16.6 Å². The van der Waals surface area contributed by atoms with Crippen LogP contribution in [0.1, 0.15) is 5.56 Å². The average molecular weight is 223 g/mol. The molecule has 0 fully saturated rings. The predicted octanol–water partition coefficient (Wildman–Crippen LogP) is -0.853. The zero-order valence-corrected chi connectivity index (χ0v) is 8.95. The van der Waals surface area contributed by atoms with Gasteiger partial charge in [0, 0.05) is 24.8 Å². The average Bonchev–Trinajstić information content (AvgIpc) is 2.28. The second-order valence-electron chi connectivity index (χ2n) is 3.23. The molecule has 0 spiro atoms. The Kier molecular flexibility index (Phi) is 3.82. The lowest BCUT2D eigenvalue weighted by Gasteiger charge is -2.05. The zero-order chi connectivity index (χ0) is 12.1. The Morgan fingerprint density at radius 3 is 2.94 bits per heavy atom. The van der Waals surface area contributed by atoms with Crippen molar-refractivity contribution >= 4 is 5.91 Å². The van der Waals surface area contributed by atoms with E-state index >= 15 is 0 Å². The number of carbonyl (C=O) groups is 1. The summed E-state index contributed by atoms with van der Waals surface area (Å²) in [5.41, 5.74) is -0.380. The summed E-state index contributed by atoms with van der Waals surface area (Å²) < 4.78 is 1.04. The molecule has 0 aromatic carbocycles. The molecule has 1 amide bonds. The fourth-order valence-corrected chi connectivity index (χ4v) is 1.18. The number of carbonyl (C=O) groups excluding carboxylic acids is 1. The van der Waals surface area contributed by atoms with Gasteiger partial charge in [0.2, 0.25) is 5.91 Å². The number of nitrogens with one attached hydrogen (secondary N) is 2. The van der Waals surface area contributed by atoms with E-state index in [-0.39, 0.29) is 24.6 Å². The highest BCUT2D eigenvalue weighted by atomic mass is 16.2. The van der Waals surface area contributed by atoms with Crippen LogP contribution >= 0.6 is 0 Å². The Hall–Kier alpha value is -2.11. The first-order chi connectivity index (χ1) is 7.56. The van der Waals surface area contributed by atoms with Gasteiger partial charge in [0.15, 0.2) is 0 Å². The minimum absolute atomic E-state index is 0.134. The fourth-order valence-electron chi connectivity index (χ4n) is 1.18. The van der Waals surface area contributed by atoms with Gasteiger partial charge in [-0.05, 0) is 13.0 Å². The third-order valence-corrected chi connectivity index (χ3v) is 2.06. The second kappa shape index (κ2) is 5.11. The lowest BCUT2D eigenvalue weighted by molar-refractivity contribution is -0.116. The van der Waals surface area contributed by atoms with Crippen LogP contribution in [0.4, 0.5) is 0 Å². The molecule has 1 aromatic heterocycles. The van der Waals surface area contributed by atoms with E-state index in [2.05, 4.69) is 16.9 Å². The van der Waals surface area contributed by atoms with Crippen molar-refractivity contribution in [2.24, 2.45) is 0 Å². The standard InChI is InChI=1S/C10H13N3O3/c1-3-8(14)11-4-5-13-9(15)7(2)6-12-10(13)16/h3,6H,1,4-5H2,2H3,(H,11,14)(H,12,16). The highest BCUT2D eigenvalue weighted by Crippen LogP contribution is 1.80. The monoisotopic (exact) mass is 223 g/mol. The van der Waals surface area contributed by atoms with Crippen molar-refractivity contribution in [1.29, 1.82) is 0 Å². The Morgan fingerprint density at radius 2 is 2.31 bits per heavy atom. The first-order valence-corrected chi connectivity index (χ1v) is 4.75. The number of rotatable bonds is 4. The summed E-state index contributed by atoms with van der Waals surface area (Å²) in [6.45, 7) is 5.24. The molecule has 1 rings (SSSR count). The van der Waals surface area contributed by atoms with Crippen molar-refractivity contribution in [3.8, 4) is 0 Å². The lowest BCUT2D eigenvalue weighted by Crippen LogP contribution is -2.39. The minimum Gasteiger partial charge on any atom is -0.351 e. The minimum atomic E-state index is -0.483. The van der Waals surface area contributed by atoms with Gasteiger partial charge in [-0.15, -0.1) is 0 Å². The SMILES string of the molecule is C=CC(=O)NCCn1c(=O)[nH]cc(C)c1=O. The van der Waals surface area contributed by atoms with Crippen LogP contribution in [0.15, 0.2) is 28.4 Å². The van der Waals surface area contributed by atoms with Crippen LogP contribution in [0, 0.1) is 6.92 Å². The zero-order valence-electron chi connectivity index (χ0n) is 8.95. The molecule has 1 heterocycles. The molecule has 0 atom stereocenters. The molecule has 2 N–H and O–H groups in total. The van der Waals surface area contributed by atoms with Crippen LogP contribution in [0.25, 0.3) is 0 Å². The maximum absolute atomic E-state index is 11.5. The number of aromatic amines is 1. The van der Waals surface area contributed by atoms with Crippen molar-refractivity contribution in [2.45, 2.75) is 13.5 Å². The third-order valence-electron chi connectivity index (χ3n) is 2.06. The summed E-state index contributed by atoms with van der Waals surface area (Å²) >= 11 is 0. The lowest BCUT2D eigenvalue weighted by atomic mass is 10.4. The molecular weight excluding hydrogens is 210 g/mol. The second-order valence-corrected chi connectivity index (χ2v) is 3.23. The molecule has 0 unspecified atom stereocenters. The number of aromatic nitrogens is 2. The van der Waals surface area contributed by atoms with Gasteiger partial charge in [-0.1, -0.05) is 6.58 Å². The maximum Gasteiger partial charge on any atom is 0.328 e. The van der Waals surface area contributed by atoms with E-state index in [1.54, 1.807) is 6.92 Å². The van der Waals surface area contributed by atoms with E-state index in [0.29, 0.717) is 5.56 Å². The molecule has 0 saturated carbocycles. The molecule has 0 aliphatic carbocycles. The van der Waals surface area contributed by atoms with E-state index in [4.69, 9.17) is 0 Å². The Labute approximate surface area is 91.6 Å². The number of H-pyrrole nitrogens is 1. The number of hydrogen-bond acceptors (Lipinski definition) is 3. The summed E-state index contributed by atoms with van der Waals surface area (Å²) in [4.78, 5) is 36.1. The van der Waals surface area contributed by atoms with Crippen LogP contribution in [-0.2, 0) is 11.3 Å². The van der Waals surface area contributed by atoms with E-state index in [1.165, 1.54) is 6.20 Å². The van der Waals surface area contributed by atoms with E-state index in [0.717, 1.165) is 10.6 Å². The summed E-state index contributed by atoms with van der Waals surface area (Å²) in [5.74, 6) is -0.336. The molecule has 0 bridgehead atoms. The van der Waals surface area contributed by atoms with Crippen molar-refractivity contribution in [1.82, 2.24) is 14.9 Å². The summed E-state index contributed by atoms with van der Waals surface area (Å²) in [6.07, 6.45) is 2.49. The normalized spacial score (nSPS) is 9.81. The molecule has 0 saturated heterocycles. The Balaban J connectivity index is 2.78. The van der Waals surface area contributed by atoms with Gasteiger partial charge in [-0.25, -0.2) is 4.79 Å². The Bertz CT molecular complexity index is 513. The van der Waals surface area contributed by atoms with Gasteiger partial charge < -0.3 is 10.3 Å². The van der Waals surface area contributed by atoms with Gasteiger partial charge in [-0.3, -0.25) is 14.2 Å². The first kappa shape index (κ1) is 12.0. The molecule has 0 aliphatic heterocycles. The van der Waals surface area contributed by atoms with Crippen LogP contribution in [0.2, 0.25) is 0 Å². The molecule has 0 radical (unpaired) electrons. The number of amides is 1. The number of aryl methyl sites for hydroxylation is 1. The van der Waals surface area contributed by atoms with Gasteiger partial charge in [0.1, 0.15) is 0 Å². The van der Waals surface area contributed by atoms with Crippen molar-refractivity contribution in [3.63, 3.8) is 0 Å². The highest BCUT2D eigenvalue weighted by molar-refractivity contribution is 5.86. The topological polar surface area (TPSA) is 84.0 Å². The molecular formula is C10H13N3O3. The molecule has 6 heteroatoms. The van der Waals surface area contributed by atoms with Crippen molar-refractivity contribution in [2.75, 3.05) is 6.54 Å². The van der Waals surface area contributed by atoms with E-state index in [1.807, 2.05) is 0 Å². The highest BCUT2D eigenvalue weighted by Gasteiger charge is 2.03. The molecule has 6 nitrogen and oxygen atoms in total. The quantitative estimate of drug-likeness (QED) is 0.652. The summed E-state index contributed by atoms with van der Waals surface area (Å²) in [6, 6.07) is 0. The van der Waals surface area contributed by atoms with Crippen molar-refractivity contribution in [3.05, 3.63) is 45.3 Å². The van der Waals surface area contributed by atoms with Crippen LogP contribution in [0.5, 0.6) is 0 Å². The maximum atomic E-state index is 11.5. The predicted molar refractivity (Wildman–Crippen MR) is 59.3 cm³/mol. The molecule has 1 aromatic rings. The van der Waals surface area contributed by atoms with Gasteiger partial charge in [0.05, 0.1) is 0 Å². The largest absolute Gasteiger partial charge is 0.351 e. The smallest absolute Gasteiger partial charge is 0.328 e. The van der Waals surface area contributed by atoms with Crippen LogP contribution in [0.3, 0.4) is 0 Å². The molecule has 16 heavy (non-hydrogen) atoms. The van der Waals surface area contributed by atoms with Gasteiger partial charge in [0.25, 0.3) is 5.56 Å². The first-order valence-electron chi connectivity index (χ1n) is 4.75. The van der Waals surface area contributed by atoms with E-state index < -0.39 is 5.69 Å². The third kappa shape index (κ3) is 2.69. The van der Waals surface area contributed by atoms with Gasteiger partial charge >= 0.3 is 5.69 Å². The number of hydrogen-bond donors (Lipinski definition) is 2. The van der Waals surface area contributed by atoms with Gasteiger partial charge in [-0.2, -0.15) is 0 Å². The van der Waals surface area contributed by atoms with Crippen LogP contribution in [-0.4, -0.2) is 22.0 Å². The summed E-state index contributed by atoms with van der Waals surface area (Å²) in [5, 5.41) is 2.49. The summed E-state index contributed by atoms with van der Waals surface area (Å²) in [7, 11) is 0. The Morgan fingerprint density at radius 1 is 1.62 bits per heavy atom. The fraction of sp³-hybridized carbons (Fsp3) is 0.300. The van der Waals surface area contributed by atoms with E-state index in [9.17, 15) is 14.4 Å².